The van der Waals surface area contributed by atoms with Crippen molar-refractivity contribution in [1.82, 2.24) is 4.31 Å². The zero-order chi connectivity index (χ0) is 17.7. The van der Waals surface area contributed by atoms with E-state index in [1.807, 2.05) is 19.1 Å². The molecule has 0 aliphatic rings. The molecule has 1 N–H and O–H groups in total. The van der Waals surface area contributed by atoms with Crippen molar-refractivity contribution in [3.05, 3.63) is 42.5 Å². The molecule has 0 amide bonds. The number of carboxylic acids is 1. The first-order valence-corrected chi connectivity index (χ1v) is 9.16. The smallest absolute Gasteiger partial charge is 0.339 e. The Morgan fingerprint density at radius 1 is 1.21 bits per heavy atom. The van der Waals surface area contributed by atoms with E-state index in [-0.39, 0.29) is 11.4 Å². The first kappa shape index (κ1) is 18.4. The molecule has 0 aliphatic heterocycles. The Balaban J connectivity index is 2.38. The molecule has 2 aromatic carbocycles. The Bertz CT molecular complexity index is 822. The third-order valence-corrected chi connectivity index (χ3v) is 5.61. The number of fused-ring (bicyclic) bond motifs is 1. The summed E-state index contributed by atoms with van der Waals surface area (Å²) in [6.07, 6.45) is -1.01. The van der Waals surface area contributed by atoms with E-state index in [1.165, 1.54) is 12.1 Å². The highest BCUT2D eigenvalue weighted by molar-refractivity contribution is 7.89. The maximum atomic E-state index is 13.6. The normalized spacial score (nSPS) is 13.3. The van der Waals surface area contributed by atoms with E-state index in [4.69, 9.17) is 5.11 Å². The van der Waals surface area contributed by atoms with Gasteiger partial charge in [-0.1, -0.05) is 43.7 Å². The van der Waals surface area contributed by atoms with Crippen molar-refractivity contribution in [2.24, 2.45) is 0 Å². The largest absolute Gasteiger partial charge is 0.479 e. The molecule has 7 heteroatoms. The maximum absolute atomic E-state index is 13.6. The van der Waals surface area contributed by atoms with E-state index in [1.54, 1.807) is 18.2 Å². The van der Waals surface area contributed by atoms with Gasteiger partial charge < -0.3 is 5.11 Å². The van der Waals surface area contributed by atoms with Gasteiger partial charge in [0.1, 0.15) is 0 Å². The lowest BCUT2D eigenvalue weighted by molar-refractivity contribution is -0.143. The number of carboxylic acid groups (broad SMARTS) is 1. The molecule has 0 bridgehead atoms. The second kappa shape index (κ2) is 7.72. The number of alkyl halides is 1. The van der Waals surface area contributed by atoms with Gasteiger partial charge in [-0.15, -0.1) is 0 Å². The van der Waals surface area contributed by atoms with Crippen LogP contribution in [0.15, 0.2) is 47.4 Å². The Morgan fingerprint density at radius 2 is 1.88 bits per heavy atom. The second-order valence-electron chi connectivity index (χ2n) is 5.53. The lowest BCUT2D eigenvalue weighted by Crippen LogP contribution is -2.39. The van der Waals surface area contributed by atoms with E-state index in [2.05, 4.69) is 0 Å². The van der Waals surface area contributed by atoms with Crippen LogP contribution in [-0.4, -0.2) is 43.1 Å². The van der Waals surface area contributed by atoms with Crippen molar-refractivity contribution in [2.75, 3.05) is 13.1 Å². The molecule has 0 saturated carbocycles. The summed E-state index contributed by atoms with van der Waals surface area (Å²) in [5.41, 5.74) is 0. The number of sulfonamides is 1. The molecule has 0 heterocycles. The molecule has 0 aliphatic carbocycles. The fraction of sp³-hybridized carbons (Fsp3) is 0.353. The highest BCUT2D eigenvalue weighted by Gasteiger charge is 2.29. The minimum Gasteiger partial charge on any atom is -0.479 e. The summed E-state index contributed by atoms with van der Waals surface area (Å²) < 4.78 is 40.1. The predicted octanol–water partition coefficient (Wildman–Crippen LogP) is 3.05. The van der Waals surface area contributed by atoms with Gasteiger partial charge in [-0.2, -0.15) is 4.31 Å². The van der Waals surface area contributed by atoms with Crippen LogP contribution in [0.1, 0.15) is 19.8 Å². The van der Waals surface area contributed by atoms with Gasteiger partial charge in [0.25, 0.3) is 0 Å². The number of rotatable bonds is 8. The van der Waals surface area contributed by atoms with Crippen molar-refractivity contribution < 1.29 is 22.7 Å². The summed E-state index contributed by atoms with van der Waals surface area (Å²) >= 11 is 0. The maximum Gasteiger partial charge on any atom is 0.339 e. The molecular weight excluding hydrogens is 333 g/mol. The number of nitrogens with zero attached hydrogens (tertiary/aromatic N) is 1. The van der Waals surface area contributed by atoms with Crippen LogP contribution >= 0.6 is 0 Å². The number of carbonyl (C=O) groups is 1. The molecule has 0 fully saturated rings. The highest BCUT2D eigenvalue weighted by atomic mass is 32.2. The Labute approximate surface area is 140 Å². The van der Waals surface area contributed by atoms with Crippen LogP contribution in [0.5, 0.6) is 0 Å². The third kappa shape index (κ3) is 4.10. The van der Waals surface area contributed by atoms with Crippen LogP contribution in [0.3, 0.4) is 0 Å². The number of benzene rings is 2. The summed E-state index contributed by atoms with van der Waals surface area (Å²) in [7, 11) is -3.96. The molecule has 0 aromatic heterocycles. The lowest BCUT2D eigenvalue weighted by Gasteiger charge is -2.22. The second-order valence-corrected chi connectivity index (χ2v) is 7.47. The minimum atomic E-state index is -3.96. The van der Waals surface area contributed by atoms with Crippen LogP contribution in [0.25, 0.3) is 10.8 Å². The molecular formula is C17H20FNO4S. The van der Waals surface area contributed by atoms with Gasteiger partial charge in [-0.25, -0.2) is 17.6 Å². The van der Waals surface area contributed by atoms with Gasteiger partial charge in [0.05, 0.1) is 11.4 Å². The van der Waals surface area contributed by atoms with E-state index < -0.39 is 28.7 Å². The van der Waals surface area contributed by atoms with Crippen molar-refractivity contribution >= 4 is 26.8 Å². The first-order chi connectivity index (χ1) is 11.4. The van der Waals surface area contributed by atoms with Gasteiger partial charge in [-0.05, 0) is 29.3 Å². The van der Waals surface area contributed by atoms with E-state index in [0.29, 0.717) is 12.8 Å². The standard InChI is InChI=1S/C17H20FNO4S/c1-2-3-10-19(12-16(18)17(20)21)24(22,23)15-9-8-13-6-4-5-7-14(13)11-15/h4-9,11,16H,2-3,10,12H2,1H3,(H,20,21). The van der Waals surface area contributed by atoms with E-state index >= 15 is 0 Å². The SMILES string of the molecule is CCCCN(CC(F)C(=O)O)S(=O)(=O)c1ccc2ccccc2c1. The molecule has 2 aromatic rings. The Hall–Kier alpha value is -1.99. The molecule has 2 rings (SSSR count). The molecule has 1 atom stereocenters. The summed E-state index contributed by atoms with van der Waals surface area (Å²) in [6, 6.07) is 12.0. The molecule has 130 valence electrons. The summed E-state index contributed by atoms with van der Waals surface area (Å²) in [5, 5.41) is 10.4. The molecule has 1 unspecified atom stereocenters. The monoisotopic (exact) mass is 353 g/mol. The topological polar surface area (TPSA) is 74.7 Å². The fourth-order valence-electron chi connectivity index (χ4n) is 2.38. The number of halogens is 1. The summed E-state index contributed by atoms with van der Waals surface area (Å²) in [4.78, 5) is 10.8. The molecule has 5 nitrogen and oxygen atoms in total. The molecule has 0 saturated heterocycles. The number of hydrogen-bond acceptors (Lipinski definition) is 3. The summed E-state index contributed by atoms with van der Waals surface area (Å²) in [5.74, 6) is -1.66. The van der Waals surface area contributed by atoms with Crippen molar-refractivity contribution in [2.45, 2.75) is 30.8 Å². The van der Waals surface area contributed by atoms with E-state index in [9.17, 15) is 17.6 Å². The third-order valence-electron chi connectivity index (χ3n) is 3.75. The lowest BCUT2D eigenvalue weighted by atomic mass is 10.1. The molecule has 0 spiro atoms. The van der Waals surface area contributed by atoms with Crippen LogP contribution in [0, 0.1) is 0 Å². The van der Waals surface area contributed by atoms with Gasteiger partial charge in [0, 0.05) is 6.54 Å². The minimum absolute atomic E-state index is 0.0369. The number of aliphatic carboxylic acids is 1. The van der Waals surface area contributed by atoms with Crippen LogP contribution in [0.2, 0.25) is 0 Å². The average Bonchev–Trinajstić information content (AvgIpc) is 2.57. The van der Waals surface area contributed by atoms with E-state index in [0.717, 1.165) is 15.1 Å². The van der Waals surface area contributed by atoms with Crippen molar-refractivity contribution in [1.29, 1.82) is 0 Å². The summed E-state index contributed by atoms with van der Waals surface area (Å²) in [6.45, 7) is 1.27. The Kier molecular flexibility index (Phi) is 5.90. The molecule has 0 radical (unpaired) electrons. The van der Waals surface area contributed by atoms with Gasteiger partial charge in [-0.3, -0.25) is 0 Å². The van der Waals surface area contributed by atoms with Gasteiger partial charge in [0.2, 0.25) is 16.2 Å². The van der Waals surface area contributed by atoms with Crippen LogP contribution in [-0.2, 0) is 14.8 Å². The highest BCUT2D eigenvalue weighted by Crippen LogP contribution is 2.22. The number of hydrogen-bond donors (Lipinski definition) is 1. The van der Waals surface area contributed by atoms with Crippen molar-refractivity contribution in [3.63, 3.8) is 0 Å². The Morgan fingerprint density at radius 3 is 2.50 bits per heavy atom. The van der Waals surface area contributed by atoms with Gasteiger partial charge >= 0.3 is 5.97 Å². The average molecular weight is 353 g/mol. The molecule has 24 heavy (non-hydrogen) atoms. The fourth-order valence-corrected chi connectivity index (χ4v) is 3.89. The van der Waals surface area contributed by atoms with Crippen molar-refractivity contribution in [3.8, 4) is 0 Å². The predicted molar refractivity (Wildman–Crippen MR) is 90.1 cm³/mol. The van der Waals surface area contributed by atoms with Crippen LogP contribution < -0.4 is 0 Å². The quantitative estimate of drug-likeness (QED) is 0.791. The first-order valence-electron chi connectivity index (χ1n) is 7.72. The van der Waals surface area contributed by atoms with Crippen LogP contribution in [0.4, 0.5) is 4.39 Å². The number of unbranched alkanes of at least 4 members (excludes halogenated alkanes) is 1. The van der Waals surface area contributed by atoms with Gasteiger partial charge in [0.15, 0.2) is 0 Å². The zero-order valence-corrected chi connectivity index (χ0v) is 14.2. The zero-order valence-electron chi connectivity index (χ0n) is 13.4.